The molecule has 1 aliphatic heterocycles. The van der Waals surface area contributed by atoms with Gasteiger partial charge in [-0.1, -0.05) is 12.1 Å². The van der Waals surface area contributed by atoms with E-state index in [0.717, 1.165) is 16.4 Å². The lowest BCUT2D eigenvalue weighted by atomic mass is 10.2. The number of aromatic nitrogens is 4. The van der Waals surface area contributed by atoms with Gasteiger partial charge in [0.1, 0.15) is 17.0 Å². The molecule has 0 radical (unpaired) electrons. The highest BCUT2D eigenvalue weighted by atomic mass is 16.2. The number of nitrogens with one attached hydrogen (secondary N) is 2. The summed E-state index contributed by atoms with van der Waals surface area (Å²) in [5, 5.41) is 6.53. The maximum Gasteiger partial charge on any atom is 0.276 e. The third kappa shape index (κ3) is 2.45. The van der Waals surface area contributed by atoms with E-state index in [1.165, 1.54) is 0 Å². The number of rotatable bonds is 3. The fourth-order valence-corrected chi connectivity index (χ4v) is 3.70. The van der Waals surface area contributed by atoms with E-state index in [2.05, 4.69) is 20.6 Å². The number of fused-ring (bicyclic) bond motifs is 4. The van der Waals surface area contributed by atoms with Crippen molar-refractivity contribution in [1.82, 2.24) is 24.4 Å². The van der Waals surface area contributed by atoms with E-state index in [1.807, 2.05) is 46.4 Å². The second kappa shape index (κ2) is 6.19. The van der Waals surface area contributed by atoms with Crippen molar-refractivity contribution in [1.29, 1.82) is 0 Å². The Hall–Kier alpha value is -3.68. The summed E-state index contributed by atoms with van der Waals surface area (Å²) in [6, 6.07) is 13.0. The van der Waals surface area contributed by atoms with Gasteiger partial charge in [-0.25, -0.2) is 9.97 Å². The van der Waals surface area contributed by atoms with Crippen LogP contribution in [0.2, 0.25) is 0 Å². The minimum absolute atomic E-state index is 0.119. The SMILES string of the molecule is CCn1c(NC(=O)c2ccc3cc4n(c3n2)CCNC4=O)nc2ccccc21. The van der Waals surface area contributed by atoms with E-state index in [9.17, 15) is 9.59 Å². The zero-order chi connectivity index (χ0) is 19.3. The van der Waals surface area contributed by atoms with Crippen LogP contribution >= 0.6 is 0 Å². The van der Waals surface area contributed by atoms with Crippen molar-refractivity contribution in [3.63, 3.8) is 0 Å². The Balaban J connectivity index is 1.52. The number of carbonyl (C=O) groups is 2. The van der Waals surface area contributed by atoms with Crippen LogP contribution in [0.4, 0.5) is 5.95 Å². The highest BCUT2D eigenvalue weighted by Gasteiger charge is 2.21. The van der Waals surface area contributed by atoms with Gasteiger partial charge in [0.2, 0.25) is 5.95 Å². The highest BCUT2D eigenvalue weighted by molar-refractivity contribution is 6.04. The molecule has 140 valence electrons. The maximum absolute atomic E-state index is 12.8. The molecule has 0 saturated carbocycles. The number of benzene rings is 1. The molecule has 0 unspecified atom stereocenters. The first-order chi connectivity index (χ1) is 13.7. The molecule has 0 fully saturated rings. The van der Waals surface area contributed by atoms with Crippen molar-refractivity contribution in [2.45, 2.75) is 20.0 Å². The third-order valence-corrected chi connectivity index (χ3v) is 5.03. The third-order valence-electron chi connectivity index (χ3n) is 5.03. The normalized spacial score (nSPS) is 13.5. The van der Waals surface area contributed by atoms with E-state index >= 15 is 0 Å². The van der Waals surface area contributed by atoms with E-state index in [0.29, 0.717) is 36.9 Å². The Bertz CT molecular complexity index is 1250. The number of amides is 2. The summed E-state index contributed by atoms with van der Waals surface area (Å²) < 4.78 is 3.81. The van der Waals surface area contributed by atoms with E-state index < -0.39 is 0 Å². The minimum atomic E-state index is -0.331. The van der Waals surface area contributed by atoms with Crippen LogP contribution in [0.15, 0.2) is 42.5 Å². The predicted molar refractivity (Wildman–Crippen MR) is 105 cm³/mol. The van der Waals surface area contributed by atoms with Crippen molar-refractivity contribution in [2.75, 3.05) is 11.9 Å². The zero-order valence-corrected chi connectivity index (χ0v) is 15.3. The van der Waals surface area contributed by atoms with Crippen LogP contribution in [0.3, 0.4) is 0 Å². The number of hydrogen-bond donors (Lipinski definition) is 2. The summed E-state index contributed by atoms with van der Waals surface area (Å²) in [6.45, 7) is 3.87. The maximum atomic E-state index is 12.8. The molecule has 2 N–H and O–H groups in total. The van der Waals surface area contributed by atoms with Gasteiger partial charge < -0.3 is 14.5 Å². The zero-order valence-electron chi connectivity index (χ0n) is 15.3. The van der Waals surface area contributed by atoms with Gasteiger partial charge in [0, 0.05) is 25.0 Å². The average Bonchev–Trinajstić information content (AvgIpc) is 3.26. The number of anilines is 1. The molecule has 0 saturated heterocycles. The molecule has 1 aliphatic rings. The summed E-state index contributed by atoms with van der Waals surface area (Å²) in [6.07, 6.45) is 0. The molecule has 1 aromatic carbocycles. The molecule has 4 aromatic rings. The van der Waals surface area contributed by atoms with Crippen molar-refractivity contribution in [3.8, 4) is 0 Å². The summed E-state index contributed by atoms with van der Waals surface area (Å²) in [5.74, 6) is 0.0433. The van der Waals surface area contributed by atoms with E-state index in [4.69, 9.17) is 0 Å². The van der Waals surface area contributed by atoms with Crippen LogP contribution < -0.4 is 10.6 Å². The molecule has 3 aromatic heterocycles. The van der Waals surface area contributed by atoms with Crippen LogP contribution in [0.5, 0.6) is 0 Å². The molecule has 8 nitrogen and oxygen atoms in total. The first-order valence-corrected chi connectivity index (χ1v) is 9.21. The smallest absolute Gasteiger partial charge is 0.276 e. The van der Waals surface area contributed by atoms with Gasteiger partial charge in [-0.2, -0.15) is 0 Å². The molecule has 28 heavy (non-hydrogen) atoms. The first-order valence-electron chi connectivity index (χ1n) is 9.21. The Kier molecular flexibility index (Phi) is 3.65. The number of hydrogen-bond acceptors (Lipinski definition) is 4. The lowest BCUT2D eigenvalue weighted by Crippen LogP contribution is -2.35. The highest BCUT2D eigenvalue weighted by Crippen LogP contribution is 2.22. The molecule has 2 amide bonds. The summed E-state index contributed by atoms with van der Waals surface area (Å²) in [7, 11) is 0. The van der Waals surface area contributed by atoms with Crippen LogP contribution in [-0.2, 0) is 13.1 Å². The second-order valence-electron chi connectivity index (χ2n) is 6.67. The first kappa shape index (κ1) is 16.5. The lowest BCUT2D eigenvalue weighted by Gasteiger charge is -2.16. The molecule has 0 atom stereocenters. The molecular weight excluding hydrogens is 356 g/mol. The fourth-order valence-electron chi connectivity index (χ4n) is 3.70. The van der Waals surface area contributed by atoms with Gasteiger partial charge in [-0.3, -0.25) is 14.9 Å². The summed E-state index contributed by atoms with van der Waals surface area (Å²) in [5.41, 5.74) is 3.29. The van der Waals surface area contributed by atoms with Gasteiger partial charge in [-0.05, 0) is 37.3 Å². The van der Waals surface area contributed by atoms with Crippen molar-refractivity contribution >= 4 is 39.8 Å². The molecule has 0 spiro atoms. The van der Waals surface area contributed by atoms with Crippen LogP contribution in [0, 0.1) is 0 Å². The topological polar surface area (TPSA) is 93.8 Å². The number of aryl methyl sites for hydroxylation is 1. The molecule has 4 heterocycles. The van der Waals surface area contributed by atoms with Crippen molar-refractivity contribution in [2.24, 2.45) is 0 Å². The Morgan fingerprint density at radius 1 is 1.21 bits per heavy atom. The second-order valence-corrected chi connectivity index (χ2v) is 6.67. The van der Waals surface area contributed by atoms with Gasteiger partial charge in [0.25, 0.3) is 11.8 Å². The van der Waals surface area contributed by atoms with Crippen LogP contribution in [0.1, 0.15) is 27.9 Å². The quantitative estimate of drug-likeness (QED) is 0.576. The Labute approximate surface area is 160 Å². The standard InChI is InChI=1S/C20H18N6O2/c1-2-25-15-6-4-3-5-13(15)23-20(25)24-18(27)14-8-7-12-11-16-19(28)21-9-10-26(16)17(12)22-14/h3-8,11H,2,9-10H2,1H3,(H,21,28)(H,23,24,27). The van der Waals surface area contributed by atoms with Crippen molar-refractivity contribution in [3.05, 3.63) is 53.9 Å². The largest absolute Gasteiger partial charge is 0.349 e. The monoisotopic (exact) mass is 374 g/mol. The fraction of sp³-hybridized carbons (Fsp3) is 0.200. The van der Waals surface area contributed by atoms with Crippen molar-refractivity contribution < 1.29 is 9.59 Å². The van der Waals surface area contributed by atoms with E-state index in [-0.39, 0.29) is 17.5 Å². The number of para-hydroxylation sites is 2. The summed E-state index contributed by atoms with van der Waals surface area (Å²) >= 11 is 0. The van der Waals surface area contributed by atoms with Crippen LogP contribution in [0.25, 0.3) is 22.1 Å². The average molecular weight is 374 g/mol. The Morgan fingerprint density at radius 3 is 2.93 bits per heavy atom. The minimum Gasteiger partial charge on any atom is -0.349 e. The van der Waals surface area contributed by atoms with Gasteiger partial charge >= 0.3 is 0 Å². The summed E-state index contributed by atoms with van der Waals surface area (Å²) in [4.78, 5) is 33.9. The Morgan fingerprint density at radius 2 is 2.07 bits per heavy atom. The number of imidazole rings is 1. The number of nitrogens with zero attached hydrogens (tertiary/aromatic N) is 4. The van der Waals surface area contributed by atoms with Crippen LogP contribution in [-0.4, -0.2) is 37.5 Å². The predicted octanol–water partition coefficient (Wildman–Crippen LogP) is 2.40. The lowest BCUT2D eigenvalue weighted by molar-refractivity contribution is 0.0928. The molecule has 0 bridgehead atoms. The van der Waals surface area contributed by atoms with Gasteiger partial charge in [-0.15, -0.1) is 0 Å². The molecule has 0 aliphatic carbocycles. The number of carbonyl (C=O) groups excluding carboxylic acids is 2. The molecular formula is C20H18N6O2. The molecule has 5 rings (SSSR count). The molecule has 8 heteroatoms. The van der Waals surface area contributed by atoms with E-state index in [1.54, 1.807) is 12.1 Å². The number of pyridine rings is 1. The van der Waals surface area contributed by atoms with Gasteiger partial charge in [0.15, 0.2) is 0 Å². The van der Waals surface area contributed by atoms with Gasteiger partial charge in [0.05, 0.1) is 11.0 Å².